The van der Waals surface area contributed by atoms with Gasteiger partial charge >= 0.3 is 12.2 Å². The molecule has 0 aliphatic carbocycles. The number of nitrogen functional groups attached to an aromatic ring is 1. The van der Waals surface area contributed by atoms with Crippen LogP contribution in [0.3, 0.4) is 0 Å². The van der Waals surface area contributed by atoms with Crippen LogP contribution >= 0.6 is 0 Å². The second kappa shape index (κ2) is 9.13. The molecule has 3 amide bonds. The predicted octanol–water partition coefficient (Wildman–Crippen LogP) is 3.33. The van der Waals surface area contributed by atoms with Crippen molar-refractivity contribution in [2.75, 3.05) is 43.9 Å². The van der Waals surface area contributed by atoms with E-state index in [1.807, 2.05) is 7.05 Å². The lowest BCUT2D eigenvalue weighted by molar-refractivity contribution is 0.0430. The predicted molar refractivity (Wildman–Crippen MR) is 119 cm³/mol. The Kier molecular flexibility index (Phi) is 7.21. The van der Waals surface area contributed by atoms with Crippen LogP contribution in [0.2, 0.25) is 0 Å². The lowest BCUT2D eigenvalue weighted by Gasteiger charge is -2.34. The molecule has 1 aliphatic heterocycles. The molecule has 1 fully saturated rings. The molecule has 2 rings (SSSR count). The normalized spacial score (nSPS) is 15.4. The molecule has 0 atom stereocenters. The number of hydrogen-bond acceptors (Lipinski definition) is 7. The molecule has 1 aromatic carbocycles. The van der Waals surface area contributed by atoms with Gasteiger partial charge in [-0.1, -0.05) is 0 Å². The molecule has 0 aromatic heterocycles. The van der Waals surface area contributed by atoms with Crippen molar-refractivity contribution in [2.45, 2.75) is 52.7 Å². The molecule has 2 N–H and O–H groups in total. The van der Waals surface area contributed by atoms with Crippen molar-refractivity contribution in [3.8, 4) is 0 Å². The van der Waals surface area contributed by atoms with Gasteiger partial charge in [0.05, 0.1) is 11.3 Å². The fourth-order valence-corrected chi connectivity index (χ4v) is 2.98. The minimum absolute atomic E-state index is 0.0347. The lowest BCUT2D eigenvalue weighted by Crippen LogP contribution is -2.48. The first-order valence-electron chi connectivity index (χ1n) is 10.3. The van der Waals surface area contributed by atoms with Gasteiger partial charge in [0.1, 0.15) is 11.2 Å². The Bertz CT molecular complexity index is 805. The molecule has 0 spiro atoms. The van der Waals surface area contributed by atoms with Crippen molar-refractivity contribution in [2.24, 2.45) is 0 Å². The molecular weight excluding hydrogens is 400 g/mol. The highest BCUT2D eigenvalue weighted by Crippen LogP contribution is 2.29. The summed E-state index contributed by atoms with van der Waals surface area (Å²) in [7, 11) is 1.99. The molecule has 172 valence electrons. The molecule has 31 heavy (non-hydrogen) atoms. The van der Waals surface area contributed by atoms with Crippen LogP contribution in [-0.4, -0.2) is 72.3 Å². The van der Waals surface area contributed by atoms with E-state index in [-0.39, 0.29) is 17.2 Å². The van der Waals surface area contributed by atoms with Crippen LogP contribution in [0.5, 0.6) is 0 Å². The Hall–Kier alpha value is -2.81. The summed E-state index contributed by atoms with van der Waals surface area (Å²) in [5.41, 5.74) is 4.74. The van der Waals surface area contributed by atoms with E-state index in [1.54, 1.807) is 52.5 Å². The fourth-order valence-electron chi connectivity index (χ4n) is 2.98. The van der Waals surface area contributed by atoms with Gasteiger partial charge in [-0.15, -0.1) is 0 Å². The third-order valence-electron chi connectivity index (χ3n) is 4.44. The summed E-state index contributed by atoms with van der Waals surface area (Å²) in [6, 6.07) is 4.50. The van der Waals surface area contributed by atoms with Crippen LogP contribution in [0.15, 0.2) is 18.2 Å². The summed E-state index contributed by atoms with van der Waals surface area (Å²) < 4.78 is 10.9. The highest BCUT2D eigenvalue weighted by molar-refractivity contribution is 6.14. The number of imide groups is 1. The van der Waals surface area contributed by atoms with Gasteiger partial charge in [-0.25, -0.2) is 9.59 Å². The standard InChI is InChI=1S/C22H34N4O5/c1-21(2,3)30-19(28)26(20(29)31-22(4,5)6)17-14-15(23)8-9-16(17)18(27)25-12-10-24(7)11-13-25/h8-9,14H,10-13,23H2,1-7H3. The molecular formula is C22H34N4O5. The Morgan fingerprint density at radius 2 is 1.39 bits per heavy atom. The lowest BCUT2D eigenvalue weighted by atomic mass is 10.1. The summed E-state index contributed by atoms with van der Waals surface area (Å²) in [4.78, 5) is 43.9. The highest BCUT2D eigenvalue weighted by atomic mass is 16.6. The third-order valence-corrected chi connectivity index (χ3v) is 4.44. The molecule has 1 heterocycles. The van der Waals surface area contributed by atoms with E-state index in [2.05, 4.69) is 4.90 Å². The van der Waals surface area contributed by atoms with E-state index in [0.717, 1.165) is 18.0 Å². The molecule has 1 aromatic rings. The summed E-state index contributed by atoms with van der Waals surface area (Å²) in [5, 5.41) is 0. The third kappa shape index (κ3) is 6.85. The topological polar surface area (TPSA) is 105 Å². The van der Waals surface area contributed by atoms with Gasteiger partial charge in [0.15, 0.2) is 0 Å². The van der Waals surface area contributed by atoms with Gasteiger partial charge < -0.3 is 25.0 Å². The zero-order valence-electron chi connectivity index (χ0n) is 19.5. The second-order valence-corrected chi connectivity index (χ2v) is 9.67. The average Bonchev–Trinajstić information content (AvgIpc) is 2.59. The van der Waals surface area contributed by atoms with Crippen molar-refractivity contribution in [1.29, 1.82) is 0 Å². The number of amides is 3. The number of carbonyl (C=O) groups is 3. The SMILES string of the molecule is CN1CCN(C(=O)c2ccc(N)cc2N(C(=O)OC(C)(C)C)C(=O)OC(C)(C)C)CC1. The Labute approximate surface area is 184 Å². The first-order chi connectivity index (χ1) is 14.2. The van der Waals surface area contributed by atoms with Crippen molar-refractivity contribution in [3.05, 3.63) is 23.8 Å². The minimum Gasteiger partial charge on any atom is -0.443 e. The number of rotatable bonds is 2. The number of nitrogens with zero attached hydrogens (tertiary/aromatic N) is 3. The average molecular weight is 435 g/mol. The van der Waals surface area contributed by atoms with Crippen LogP contribution in [-0.2, 0) is 9.47 Å². The summed E-state index contributed by atoms with van der Waals surface area (Å²) in [6.07, 6.45) is -1.89. The van der Waals surface area contributed by atoms with E-state index in [9.17, 15) is 14.4 Å². The molecule has 0 unspecified atom stereocenters. The number of nitrogens with two attached hydrogens (primary N) is 1. The van der Waals surface area contributed by atoms with Gasteiger partial charge in [-0.2, -0.15) is 4.90 Å². The van der Waals surface area contributed by atoms with E-state index < -0.39 is 23.4 Å². The van der Waals surface area contributed by atoms with E-state index >= 15 is 0 Å². The van der Waals surface area contributed by atoms with Crippen molar-refractivity contribution in [1.82, 2.24) is 9.80 Å². The Morgan fingerprint density at radius 1 is 0.903 bits per heavy atom. The van der Waals surface area contributed by atoms with Crippen molar-refractivity contribution < 1.29 is 23.9 Å². The highest BCUT2D eigenvalue weighted by Gasteiger charge is 2.36. The smallest absolute Gasteiger partial charge is 0.424 e. The van der Waals surface area contributed by atoms with Crippen LogP contribution in [0, 0.1) is 0 Å². The van der Waals surface area contributed by atoms with Crippen LogP contribution in [0.1, 0.15) is 51.9 Å². The number of likely N-dealkylation sites (N-methyl/N-ethyl adjacent to an activating group) is 1. The van der Waals surface area contributed by atoms with Crippen LogP contribution in [0.25, 0.3) is 0 Å². The van der Waals surface area contributed by atoms with E-state index in [4.69, 9.17) is 15.2 Å². The largest absolute Gasteiger partial charge is 0.443 e. The molecule has 9 heteroatoms. The molecule has 9 nitrogen and oxygen atoms in total. The fraction of sp³-hybridized carbons (Fsp3) is 0.591. The quantitative estimate of drug-likeness (QED) is 0.712. The van der Waals surface area contributed by atoms with E-state index in [1.165, 1.54) is 12.1 Å². The Balaban J connectivity index is 2.51. The minimum atomic E-state index is -0.945. The zero-order chi connectivity index (χ0) is 23.6. The maximum absolute atomic E-state index is 13.3. The number of hydrogen-bond donors (Lipinski definition) is 1. The number of carbonyl (C=O) groups excluding carboxylic acids is 3. The summed E-state index contributed by atoms with van der Waals surface area (Å²) >= 11 is 0. The van der Waals surface area contributed by atoms with Gasteiger partial charge in [0.25, 0.3) is 5.91 Å². The van der Waals surface area contributed by atoms with E-state index in [0.29, 0.717) is 18.8 Å². The molecule has 0 saturated carbocycles. The maximum Gasteiger partial charge on any atom is 0.424 e. The molecule has 0 radical (unpaired) electrons. The van der Waals surface area contributed by atoms with Crippen LogP contribution < -0.4 is 10.6 Å². The first kappa shape index (κ1) is 24.5. The molecule has 1 saturated heterocycles. The van der Waals surface area contributed by atoms with Gasteiger partial charge in [-0.05, 0) is 66.8 Å². The van der Waals surface area contributed by atoms with Crippen LogP contribution in [0.4, 0.5) is 21.0 Å². The van der Waals surface area contributed by atoms with Crippen molar-refractivity contribution in [3.63, 3.8) is 0 Å². The van der Waals surface area contributed by atoms with Crippen molar-refractivity contribution >= 4 is 29.5 Å². The van der Waals surface area contributed by atoms with Gasteiger partial charge in [-0.3, -0.25) is 4.79 Å². The Morgan fingerprint density at radius 3 is 1.84 bits per heavy atom. The van der Waals surface area contributed by atoms with Gasteiger partial charge in [0.2, 0.25) is 0 Å². The summed E-state index contributed by atoms with van der Waals surface area (Å²) in [5.74, 6) is -0.291. The first-order valence-corrected chi connectivity index (χ1v) is 10.3. The number of benzene rings is 1. The summed E-state index contributed by atoms with van der Waals surface area (Å²) in [6.45, 7) is 12.7. The monoisotopic (exact) mass is 434 g/mol. The molecule has 0 bridgehead atoms. The zero-order valence-corrected chi connectivity index (χ0v) is 19.5. The maximum atomic E-state index is 13.3. The molecule has 1 aliphatic rings. The number of piperazine rings is 1. The second-order valence-electron chi connectivity index (χ2n) is 9.67. The van der Waals surface area contributed by atoms with Gasteiger partial charge in [0, 0.05) is 31.9 Å². The number of anilines is 2. The number of ether oxygens (including phenoxy) is 2.